The molecule has 2 N–H and O–H groups in total. The first-order chi connectivity index (χ1) is 10.3. The molecule has 0 aromatic heterocycles. The highest BCUT2D eigenvalue weighted by molar-refractivity contribution is 5.94. The van der Waals surface area contributed by atoms with Crippen molar-refractivity contribution in [3.8, 4) is 0 Å². The van der Waals surface area contributed by atoms with Crippen molar-refractivity contribution in [1.29, 1.82) is 0 Å². The quantitative estimate of drug-likeness (QED) is 0.756. The number of aryl methyl sites for hydroxylation is 1. The van der Waals surface area contributed by atoms with Crippen LogP contribution in [0.25, 0.3) is 0 Å². The molecule has 0 atom stereocenters. The predicted octanol–water partition coefficient (Wildman–Crippen LogP) is 3.28. The van der Waals surface area contributed by atoms with E-state index in [1.54, 1.807) is 0 Å². The van der Waals surface area contributed by atoms with Gasteiger partial charge in [0.2, 0.25) is 0 Å². The largest absolute Gasteiger partial charge is 0.351 e. The Morgan fingerprint density at radius 3 is 2.48 bits per heavy atom. The average molecular weight is 288 g/mol. The fourth-order valence-electron chi connectivity index (χ4n) is 2.98. The molecule has 0 aliphatic heterocycles. The van der Waals surface area contributed by atoms with Crippen molar-refractivity contribution >= 4 is 5.91 Å². The van der Waals surface area contributed by atoms with Gasteiger partial charge >= 0.3 is 0 Å². The lowest BCUT2D eigenvalue weighted by atomic mass is 9.87. The molecule has 116 valence electrons. The molecule has 0 unspecified atom stereocenters. The molecular weight excluding hydrogens is 260 g/mol. The molecule has 0 bridgehead atoms. The third-order valence-corrected chi connectivity index (χ3v) is 4.36. The molecule has 1 aliphatic carbocycles. The predicted molar refractivity (Wildman–Crippen MR) is 87.6 cm³/mol. The number of carbonyl (C=O) groups excluding carboxylic acids is 1. The second-order valence-electron chi connectivity index (χ2n) is 6.16. The molecule has 0 radical (unpaired) electrons. The van der Waals surface area contributed by atoms with Gasteiger partial charge in [0.1, 0.15) is 0 Å². The molecule has 3 heteroatoms. The Bertz CT molecular complexity index is 421. The molecular formula is C18H28N2O. The van der Waals surface area contributed by atoms with Gasteiger partial charge in [0.25, 0.3) is 5.91 Å². The van der Waals surface area contributed by atoms with Crippen molar-refractivity contribution in [3.63, 3.8) is 0 Å². The summed E-state index contributed by atoms with van der Waals surface area (Å²) in [5.74, 6) is 0.942. The molecule has 1 fully saturated rings. The molecule has 21 heavy (non-hydrogen) atoms. The maximum Gasteiger partial charge on any atom is 0.251 e. The van der Waals surface area contributed by atoms with Crippen LogP contribution in [0.1, 0.15) is 54.4 Å². The molecule has 1 aliphatic rings. The summed E-state index contributed by atoms with van der Waals surface area (Å²) in [6.45, 7) is 4.64. The van der Waals surface area contributed by atoms with E-state index in [9.17, 15) is 4.79 Å². The molecule has 1 saturated carbocycles. The summed E-state index contributed by atoms with van der Waals surface area (Å²) in [4.78, 5) is 11.9. The van der Waals surface area contributed by atoms with Crippen LogP contribution in [0, 0.1) is 12.8 Å². The molecule has 2 rings (SSSR count). The Balaban J connectivity index is 1.53. The summed E-state index contributed by atoms with van der Waals surface area (Å²) in [6.07, 6.45) is 8.35. The molecule has 0 spiro atoms. The second kappa shape index (κ2) is 8.83. The van der Waals surface area contributed by atoms with Crippen LogP contribution in [0.3, 0.4) is 0 Å². The van der Waals surface area contributed by atoms with Crippen molar-refractivity contribution in [3.05, 3.63) is 35.4 Å². The Labute approximate surface area is 128 Å². The van der Waals surface area contributed by atoms with E-state index in [1.807, 2.05) is 31.2 Å². The van der Waals surface area contributed by atoms with Crippen LogP contribution in [-0.4, -0.2) is 25.5 Å². The van der Waals surface area contributed by atoms with E-state index in [4.69, 9.17) is 0 Å². The number of hydrogen-bond donors (Lipinski definition) is 2. The molecule has 0 heterocycles. The highest BCUT2D eigenvalue weighted by Crippen LogP contribution is 2.25. The highest BCUT2D eigenvalue weighted by atomic mass is 16.1. The first-order valence-electron chi connectivity index (χ1n) is 8.31. The summed E-state index contributed by atoms with van der Waals surface area (Å²) in [5, 5.41) is 6.39. The van der Waals surface area contributed by atoms with Gasteiger partial charge in [-0.15, -0.1) is 0 Å². The number of amides is 1. The van der Waals surface area contributed by atoms with Crippen molar-refractivity contribution < 1.29 is 4.79 Å². The average Bonchev–Trinajstić information content (AvgIpc) is 2.52. The van der Waals surface area contributed by atoms with Gasteiger partial charge in [-0.25, -0.2) is 0 Å². The smallest absolute Gasteiger partial charge is 0.251 e. The van der Waals surface area contributed by atoms with E-state index in [1.165, 1.54) is 44.1 Å². The summed E-state index contributed by atoms with van der Waals surface area (Å²) >= 11 is 0. The van der Waals surface area contributed by atoms with Gasteiger partial charge in [0.15, 0.2) is 0 Å². The van der Waals surface area contributed by atoms with E-state index in [2.05, 4.69) is 10.6 Å². The van der Waals surface area contributed by atoms with Gasteiger partial charge < -0.3 is 10.6 Å². The van der Waals surface area contributed by atoms with Gasteiger partial charge in [-0.2, -0.15) is 0 Å². The van der Waals surface area contributed by atoms with Gasteiger partial charge in [0, 0.05) is 18.7 Å². The number of benzene rings is 1. The lowest BCUT2D eigenvalue weighted by Gasteiger charge is -2.21. The van der Waals surface area contributed by atoms with Gasteiger partial charge in [0.05, 0.1) is 0 Å². The first-order valence-corrected chi connectivity index (χ1v) is 8.31. The normalized spacial score (nSPS) is 15.9. The van der Waals surface area contributed by atoms with Crippen LogP contribution in [0.2, 0.25) is 0 Å². The fourth-order valence-corrected chi connectivity index (χ4v) is 2.98. The van der Waals surface area contributed by atoms with Crippen LogP contribution >= 0.6 is 0 Å². The van der Waals surface area contributed by atoms with Crippen LogP contribution in [0.15, 0.2) is 24.3 Å². The zero-order valence-corrected chi connectivity index (χ0v) is 13.2. The minimum atomic E-state index is 0.0177. The third-order valence-electron chi connectivity index (χ3n) is 4.36. The Morgan fingerprint density at radius 2 is 1.76 bits per heavy atom. The fraction of sp³-hybridized carbons (Fsp3) is 0.611. The molecule has 1 amide bonds. The van der Waals surface area contributed by atoms with Gasteiger partial charge in [-0.05, 0) is 37.9 Å². The molecule has 3 nitrogen and oxygen atoms in total. The van der Waals surface area contributed by atoms with Gasteiger partial charge in [-0.1, -0.05) is 49.8 Å². The van der Waals surface area contributed by atoms with E-state index < -0.39 is 0 Å². The second-order valence-corrected chi connectivity index (χ2v) is 6.16. The number of carbonyl (C=O) groups is 1. The SMILES string of the molecule is Cc1ccc(C(=O)NCCNCCC2CCCCC2)cc1. The van der Waals surface area contributed by atoms with E-state index in [0.29, 0.717) is 6.54 Å². The van der Waals surface area contributed by atoms with E-state index in [-0.39, 0.29) is 5.91 Å². The minimum absolute atomic E-state index is 0.0177. The van der Waals surface area contributed by atoms with Crippen LogP contribution in [0.5, 0.6) is 0 Å². The Hall–Kier alpha value is -1.35. The standard InChI is InChI=1S/C18H28N2O/c1-15-7-9-17(10-8-15)18(21)20-14-13-19-12-11-16-5-3-2-4-6-16/h7-10,16,19H,2-6,11-14H2,1H3,(H,20,21). The zero-order valence-electron chi connectivity index (χ0n) is 13.2. The van der Waals surface area contributed by atoms with Crippen LogP contribution in [0.4, 0.5) is 0 Å². The Kier molecular flexibility index (Phi) is 6.74. The summed E-state index contributed by atoms with van der Waals surface area (Å²) in [7, 11) is 0. The lowest BCUT2D eigenvalue weighted by Crippen LogP contribution is -2.32. The van der Waals surface area contributed by atoms with Crippen molar-refractivity contribution in [2.75, 3.05) is 19.6 Å². The minimum Gasteiger partial charge on any atom is -0.351 e. The van der Waals surface area contributed by atoms with Crippen LogP contribution < -0.4 is 10.6 Å². The lowest BCUT2D eigenvalue weighted by molar-refractivity contribution is 0.0954. The first kappa shape index (κ1) is 16.0. The highest BCUT2D eigenvalue weighted by Gasteiger charge is 2.12. The molecule has 1 aromatic rings. The summed E-state index contributed by atoms with van der Waals surface area (Å²) in [5.41, 5.74) is 1.92. The van der Waals surface area contributed by atoms with Crippen molar-refractivity contribution in [1.82, 2.24) is 10.6 Å². The topological polar surface area (TPSA) is 41.1 Å². The monoisotopic (exact) mass is 288 g/mol. The van der Waals surface area contributed by atoms with Crippen molar-refractivity contribution in [2.45, 2.75) is 45.4 Å². The summed E-state index contributed by atoms with van der Waals surface area (Å²) < 4.78 is 0. The van der Waals surface area contributed by atoms with Crippen molar-refractivity contribution in [2.24, 2.45) is 5.92 Å². The Morgan fingerprint density at radius 1 is 1.05 bits per heavy atom. The number of nitrogens with one attached hydrogen (secondary N) is 2. The van der Waals surface area contributed by atoms with Gasteiger partial charge in [-0.3, -0.25) is 4.79 Å². The number of hydrogen-bond acceptors (Lipinski definition) is 2. The maximum absolute atomic E-state index is 11.9. The summed E-state index contributed by atoms with van der Waals surface area (Å²) in [6, 6.07) is 7.69. The van der Waals surface area contributed by atoms with Crippen LogP contribution in [-0.2, 0) is 0 Å². The maximum atomic E-state index is 11.9. The zero-order chi connectivity index (χ0) is 14.9. The number of rotatable bonds is 7. The van der Waals surface area contributed by atoms with E-state index in [0.717, 1.165) is 24.6 Å². The van der Waals surface area contributed by atoms with E-state index >= 15 is 0 Å². The molecule has 1 aromatic carbocycles. The molecule has 0 saturated heterocycles. The third kappa shape index (κ3) is 5.88.